The van der Waals surface area contributed by atoms with Gasteiger partial charge in [-0.05, 0) is 20.9 Å². The number of likely N-dealkylation sites (N-methyl/N-ethyl adjacent to an activating group) is 1. The quantitative estimate of drug-likeness (QED) is 0.790. The highest BCUT2D eigenvalue weighted by Gasteiger charge is 2.37. The van der Waals surface area contributed by atoms with Crippen LogP contribution in [0.15, 0.2) is 12.4 Å². The van der Waals surface area contributed by atoms with E-state index in [1.54, 1.807) is 11.0 Å². The zero-order chi connectivity index (χ0) is 15.7. The number of carbonyl (C=O) groups is 1. The largest absolute Gasteiger partial charge is 0.359 e. The number of hydrogen-bond donors (Lipinski definition) is 0. The SMILES string of the molecule is CN1CCN(c2cc(C(=O)N3COCC3(C)C)ncn2)CC1. The zero-order valence-electron chi connectivity index (χ0n) is 13.4. The van der Waals surface area contributed by atoms with E-state index in [1.165, 1.54) is 6.33 Å². The van der Waals surface area contributed by atoms with E-state index in [0.717, 1.165) is 32.0 Å². The van der Waals surface area contributed by atoms with Crippen molar-refractivity contribution >= 4 is 11.7 Å². The Kier molecular flexibility index (Phi) is 4.01. The fraction of sp³-hybridized carbons (Fsp3) is 0.667. The molecule has 1 aromatic rings. The molecule has 3 heterocycles. The molecule has 0 radical (unpaired) electrons. The number of amides is 1. The van der Waals surface area contributed by atoms with E-state index in [0.29, 0.717) is 19.0 Å². The van der Waals surface area contributed by atoms with E-state index in [1.807, 2.05) is 13.8 Å². The Bertz CT molecular complexity index is 555. The predicted molar refractivity (Wildman–Crippen MR) is 82.8 cm³/mol. The molecular formula is C15H23N5O2. The second-order valence-electron chi connectivity index (χ2n) is 6.57. The van der Waals surface area contributed by atoms with Crippen LogP contribution in [0, 0.1) is 0 Å². The lowest BCUT2D eigenvalue weighted by Gasteiger charge is -2.33. The molecule has 0 saturated carbocycles. The summed E-state index contributed by atoms with van der Waals surface area (Å²) in [6.07, 6.45) is 1.48. The van der Waals surface area contributed by atoms with Gasteiger partial charge < -0.3 is 19.4 Å². The van der Waals surface area contributed by atoms with Crippen molar-refractivity contribution < 1.29 is 9.53 Å². The highest BCUT2D eigenvalue weighted by molar-refractivity contribution is 5.93. The van der Waals surface area contributed by atoms with E-state index in [9.17, 15) is 4.79 Å². The highest BCUT2D eigenvalue weighted by Crippen LogP contribution is 2.24. The summed E-state index contributed by atoms with van der Waals surface area (Å²) in [5.74, 6) is 0.727. The number of carbonyl (C=O) groups excluding carboxylic acids is 1. The molecule has 0 unspecified atom stereocenters. The standard InChI is InChI=1S/C15H23N5O2/c1-15(2)9-22-11-20(15)14(21)12-8-13(17-10-16-12)19-6-4-18(3)5-7-19/h8,10H,4-7,9,11H2,1-3H3. The summed E-state index contributed by atoms with van der Waals surface area (Å²) in [7, 11) is 2.11. The fourth-order valence-corrected chi connectivity index (χ4v) is 2.78. The third-order valence-electron chi connectivity index (χ3n) is 4.35. The maximum atomic E-state index is 12.7. The number of aromatic nitrogens is 2. The molecule has 7 heteroatoms. The molecule has 0 N–H and O–H groups in total. The Morgan fingerprint density at radius 2 is 1.95 bits per heavy atom. The van der Waals surface area contributed by atoms with Crippen molar-refractivity contribution in [3.05, 3.63) is 18.1 Å². The summed E-state index contributed by atoms with van der Waals surface area (Å²) < 4.78 is 5.42. The Labute approximate surface area is 130 Å². The molecule has 0 bridgehead atoms. The summed E-state index contributed by atoms with van der Waals surface area (Å²) >= 11 is 0. The van der Waals surface area contributed by atoms with Crippen molar-refractivity contribution in [2.24, 2.45) is 0 Å². The highest BCUT2D eigenvalue weighted by atomic mass is 16.5. The smallest absolute Gasteiger partial charge is 0.275 e. The molecule has 2 fully saturated rings. The van der Waals surface area contributed by atoms with Crippen LogP contribution in [0.4, 0.5) is 5.82 Å². The van der Waals surface area contributed by atoms with Gasteiger partial charge in [-0.3, -0.25) is 4.79 Å². The van der Waals surface area contributed by atoms with E-state index < -0.39 is 0 Å². The molecule has 0 aliphatic carbocycles. The summed E-state index contributed by atoms with van der Waals surface area (Å²) in [4.78, 5) is 27.4. The monoisotopic (exact) mass is 305 g/mol. The van der Waals surface area contributed by atoms with Crippen LogP contribution in [-0.2, 0) is 4.74 Å². The normalized spacial score (nSPS) is 22.1. The number of hydrogen-bond acceptors (Lipinski definition) is 6. The average molecular weight is 305 g/mol. The molecule has 1 aromatic heterocycles. The Balaban J connectivity index is 1.78. The second kappa shape index (κ2) is 5.81. The number of anilines is 1. The van der Waals surface area contributed by atoms with Crippen LogP contribution in [0.25, 0.3) is 0 Å². The van der Waals surface area contributed by atoms with Crippen LogP contribution < -0.4 is 4.90 Å². The molecular weight excluding hydrogens is 282 g/mol. The molecule has 0 spiro atoms. The second-order valence-corrected chi connectivity index (χ2v) is 6.57. The third kappa shape index (κ3) is 2.91. The zero-order valence-corrected chi connectivity index (χ0v) is 13.4. The van der Waals surface area contributed by atoms with Crippen molar-refractivity contribution in [3.63, 3.8) is 0 Å². The molecule has 3 rings (SSSR count). The van der Waals surface area contributed by atoms with Gasteiger partial charge in [-0.1, -0.05) is 0 Å². The first kappa shape index (κ1) is 15.2. The molecule has 2 aliphatic heterocycles. The fourth-order valence-electron chi connectivity index (χ4n) is 2.78. The van der Waals surface area contributed by atoms with Crippen molar-refractivity contribution in [3.8, 4) is 0 Å². The van der Waals surface area contributed by atoms with E-state index >= 15 is 0 Å². The minimum Gasteiger partial charge on any atom is -0.359 e. The van der Waals surface area contributed by atoms with Crippen LogP contribution in [0.5, 0.6) is 0 Å². The van der Waals surface area contributed by atoms with Gasteiger partial charge in [0.2, 0.25) is 0 Å². The van der Waals surface area contributed by atoms with Crippen LogP contribution in [0.3, 0.4) is 0 Å². The number of ether oxygens (including phenoxy) is 1. The van der Waals surface area contributed by atoms with Gasteiger partial charge in [0.05, 0.1) is 12.1 Å². The topological polar surface area (TPSA) is 61.8 Å². The van der Waals surface area contributed by atoms with Gasteiger partial charge >= 0.3 is 0 Å². The van der Waals surface area contributed by atoms with Crippen molar-refractivity contribution in [2.45, 2.75) is 19.4 Å². The number of nitrogens with zero attached hydrogens (tertiary/aromatic N) is 5. The number of rotatable bonds is 2. The molecule has 1 amide bonds. The first-order valence-electron chi connectivity index (χ1n) is 7.63. The molecule has 2 saturated heterocycles. The van der Waals surface area contributed by atoms with Gasteiger partial charge in [0.1, 0.15) is 24.6 Å². The maximum Gasteiger partial charge on any atom is 0.275 e. The minimum atomic E-state index is -0.296. The molecule has 22 heavy (non-hydrogen) atoms. The lowest BCUT2D eigenvalue weighted by molar-refractivity contribution is 0.0599. The Hall–Kier alpha value is -1.73. The molecule has 120 valence electrons. The van der Waals surface area contributed by atoms with Crippen LogP contribution in [0.2, 0.25) is 0 Å². The lowest BCUT2D eigenvalue weighted by atomic mass is 10.1. The lowest BCUT2D eigenvalue weighted by Crippen LogP contribution is -2.45. The molecule has 7 nitrogen and oxygen atoms in total. The van der Waals surface area contributed by atoms with Gasteiger partial charge in [-0.2, -0.15) is 0 Å². The third-order valence-corrected chi connectivity index (χ3v) is 4.35. The van der Waals surface area contributed by atoms with E-state index in [-0.39, 0.29) is 11.4 Å². The maximum absolute atomic E-state index is 12.7. The van der Waals surface area contributed by atoms with Gasteiger partial charge in [-0.15, -0.1) is 0 Å². The van der Waals surface area contributed by atoms with Crippen molar-refractivity contribution in [2.75, 3.05) is 51.5 Å². The van der Waals surface area contributed by atoms with E-state index in [2.05, 4.69) is 26.8 Å². The van der Waals surface area contributed by atoms with Crippen molar-refractivity contribution in [1.29, 1.82) is 0 Å². The van der Waals surface area contributed by atoms with E-state index in [4.69, 9.17) is 4.74 Å². The van der Waals surface area contributed by atoms with Gasteiger partial charge in [0.25, 0.3) is 5.91 Å². The van der Waals surface area contributed by atoms with Gasteiger partial charge in [0, 0.05) is 32.2 Å². The van der Waals surface area contributed by atoms with Crippen LogP contribution in [-0.4, -0.2) is 77.8 Å². The average Bonchev–Trinajstić information content (AvgIpc) is 2.87. The van der Waals surface area contributed by atoms with Crippen LogP contribution >= 0.6 is 0 Å². The summed E-state index contributed by atoms with van der Waals surface area (Å²) in [6, 6.07) is 1.79. The molecule has 0 aromatic carbocycles. The first-order valence-corrected chi connectivity index (χ1v) is 7.63. The van der Waals surface area contributed by atoms with Crippen LogP contribution in [0.1, 0.15) is 24.3 Å². The Morgan fingerprint density at radius 1 is 1.23 bits per heavy atom. The Morgan fingerprint density at radius 3 is 2.59 bits per heavy atom. The predicted octanol–water partition coefficient (Wildman–Crippen LogP) is 0.437. The van der Waals surface area contributed by atoms with Gasteiger partial charge in [-0.25, -0.2) is 9.97 Å². The molecule has 0 atom stereocenters. The summed E-state index contributed by atoms with van der Waals surface area (Å²) in [5.41, 5.74) is 0.137. The van der Waals surface area contributed by atoms with Gasteiger partial charge in [0.15, 0.2) is 0 Å². The first-order chi connectivity index (χ1) is 10.5. The summed E-state index contributed by atoms with van der Waals surface area (Å²) in [5, 5.41) is 0. The summed E-state index contributed by atoms with van der Waals surface area (Å²) in [6.45, 7) is 8.70. The number of piperazine rings is 1. The molecule has 2 aliphatic rings. The minimum absolute atomic E-state index is 0.0970. The van der Waals surface area contributed by atoms with Crippen molar-refractivity contribution in [1.82, 2.24) is 19.8 Å².